The molecule has 2 aromatic rings. The van der Waals surface area contributed by atoms with E-state index in [1.165, 1.54) is 19.3 Å². The van der Waals surface area contributed by atoms with Gasteiger partial charge in [0.1, 0.15) is 5.76 Å². The lowest BCUT2D eigenvalue weighted by Gasteiger charge is -2.35. The van der Waals surface area contributed by atoms with Crippen molar-refractivity contribution in [1.82, 2.24) is 14.5 Å². The number of rotatable bonds is 5. The molecule has 0 radical (unpaired) electrons. The molecule has 1 aliphatic rings. The number of aryl methyl sites for hydroxylation is 1. The van der Waals surface area contributed by atoms with Crippen molar-refractivity contribution < 1.29 is 4.42 Å². The second-order valence-electron chi connectivity index (χ2n) is 5.42. The molecule has 3 rings (SSSR count). The summed E-state index contributed by atoms with van der Waals surface area (Å²) in [5.41, 5.74) is 0. The molecule has 0 aliphatic carbocycles. The molecule has 1 saturated heterocycles. The maximum atomic E-state index is 5.85. The highest BCUT2D eigenvalue weighted by Crippen LogP contribution is 2.24. The van der Waals surface area contributed by atoms with E-state index in [0.717, 1.165) is 31.8 Å². The molecule has 0 amide bonds. The molecule has 108 valence electrons. The van der Waals surface area contributed by atoms with E-state index in [-0.39, 0.29) is 0 Å². The third-order valence-corrected chi connectivity index (χ3v) is 4.22. The summed E-state index contributed by atoms with van der Waals surface area (Å²) < 4.78 is 7.64. The zero-order valence-electron chi connectivity index (χ0n) is 11.5. The van der Waals surface area contributed by atoms with Crippen molar-refractivity contribution in [2.24, 2.45) is 0 Å². The van der Waals surface area contributed by atoms with Gasteiger partial charge >= 0.3 is 0 Å². The Balaban J connectivity index is 1.58. The Kier molecular flexibility index (Phi) is 4.43. The Morgan fingerprint density at radius 3 is 3.05 bits per heavy atom. The summed E-state index contributed by atoms with van der Waals surface area (Å²) in [6, 6.07) is 4.42. The number of hydrogen-bond acceptors (Lipinski definition) is 3. The second-order valence-corrected chi connectivity index (χ2v) is 5.79. The van der Waals surface area contributed by atoms with Crippen LogP contribution in [0.4, 0.5) is 0 Å². The molecule has 3 heterocycles. The molecule has 1 aliphatic heterocycles. The molecule has 0 bridgehead atoms. The minimum atomic E-state index is 0.479. The highest BCUT2D eigenvalue weighted by Gasteiger charge is 2.23. The van der Waals surface area contributed by atoms with E-state index in [1.807, 2.05) is 30.9 Å². The fourth-order valence-corrected chi connectivity index (χ4v) is 3.11. The van der Waals surface area contributed by atoms with E-state index < -0.39 is 0 Å². The molecule has 2 aromatic heterocycles. The van der Waals surface area contributed by atoms with Gasteiger partial charge in [-0.3, -0.25) is 4.90 Å². The minimum Gasteiger partial charge on any atom is -0.448 e. The number of hydrogen-bond donors (Lipinski definition) is 0. The normalized spacial score (nSPS) is 20.4. The predicted molar refractivity (Wildman–Crippen MR) is 78.6 cm³/mol. The number of furan rings is 1. The fraction of sp³-hybridized carbons (Fsp3) is 0.533. The van der Waals surface area contributed by atoms with Crippen LogP contribution in [0.2, 0.25) is 5.22 Å². The third kappa shape index (κ3) is 3.44. The van der Waals surface area contributed by atoms with Crippen LogP contribution in [0.25, 0.3) is 0 Å². The quantitative estimate of drug-likeness (QED) is 0.845. The standard InChI is InChI=1S/C15H20ClN3O/c16-15-5-4-14(20-15)11-19-8-2-1-3-13(19)6-9-18-10-7-17-12-18/h4-5,7,10,12-13H,1-3,6,8-9,11H2/t13-/m0/s1. The van der Waals surface area contributed by atoms with Crippen molar-refractivity contribution in [3.63, 3.8) is 0 Å². The summed E-state index contributed by atoms with van der Waals surface area (Å²) in [5, 5.41) is 0.479. The van der Waals surface area contributed by atoms with Crippen LogP contribution in [0.3, 0.4) is 0 Å². The van der Waals surface area contributed by atoms with Crippen molar-refractivity contribution in [1.29, 1.82) is 0 Å². The van der Waals surface area contributed by atoms with E-state index >= 15 is 0 Å². The van der Waals surface area contributed by atoms with Crippen molar-refractivity contribution in [2.45, 2.75) is 44.8 Å². The van der Waals surface area contributed by atoms with Gasteiger partial charge < -0.3 is 8.98 Å². The zero-order chi connectivity index (χ0) is 13.8. The summed E-state index contributed by atoms with van der Waals surface area (Å²) in [7, 11) is 0. The van der Waals surface area contributed by atoms with Gasteiger partial charge in [0.05, 0.1) is 12.9 Å². The molecule has 0 aromatic carbocycles. The number of piperidine rings is 1. The molecule has 1 atom stereocenters. The Morgan fingerprint density at radius 1 is 1.35 bits per heavy atom. The highest BCUT2D eigenvalue weighted by atomic mass is 35.5. The fourth-order valence-electron chi connectivity index (χ4n) is 2.95. The lowest BCUT2D eigenvalue weighted by atomic mass is 9.99. The lowest BCUT2D eigenvalue weighted by molar-refractivity contribution is 0.119. The number of nitrogens with zero attached hydrogens (tertiary/aromatic N) is 3. The first-order valence-corrected chi connectivity index (χ1v) is 7.63. The summed E-state index contributed by atoms with van der Waals surface area (Å²) >= 11 is 5.85. The van der Waals surface area contributed by atoms with Crippen LogP contribution in [0.5, 0.6) is 0 Å². The molecule has 0 saturated carbocycles. The SMILES string of the molecule is Clc1ccc(CN2CCCC[C@H]2CCn2ccnc2)o1. The van der Waals surface area contributed by atoms with Crippen LogP contribution < -0.4 is 0 Å². The van der Waals surface area contributed by atoms with Crippen LogP contribution in [-0.2, 0) is 13.1 Å². The van der Waals surface area contributed by atoms with Gasteiger partial charge in [0.2, 0.25) is 0 Å². The molecule has 20 heavy (non-hydrogen) atoms. The number of imidazole rings is 1. The van der Waals surface area contributed by atoms with E-state index in [9.17, 15) is 0 Å². The predicted octanol–water partition coefficient (Wildman–Crippen LogP) is 3.57. The van der Waals surface area contributed by atoms with E-state index in [0.29, 0.717) is 11.3 Å². The Labute approximate surface area is 124 Å². The third-order valence-electron chi connectivity index (χ3n) is 4.02. The van der Waals surface area contributed by atoms with E-state index in [1.54, 1.807) is 0 Å². The molecule has 5 heteroatoms. The molecular weight excluding hydrogens is 274 g/mol. The van der Waals surface area contributed by atoms with Crippen LogP contribution >= 0.6 is 11.6 Å². The minimum absolute atomic E-state index is 0.479. The summed E-state index contributed by atoms with van der Waals surface area (Å²) in [6.45, 7) is 3.04. The molecule has 0 N–H and O–H groups in total. The number of likely N-dealkylation sites (tertiary alicyclic amines) is 1. The van der Waals surface area contributed by atoms with E-state index in [4.69, 9.17) is 16.0 Å². The van der Waals surface area contributed by atoms with Gasteiger partial charge in [0, 0.05) is 25.0 Å². The smallest absolute Gasteiger partial charge is 0.193 e. The Hall–Kier alpha value is -1.26. The molecular formula is C15H20ClN3O. The van der Waals surface area contributed by atoms with Crippen molar-refractivity contribution in [3.05, 3.63) is 41.8 Å². The molecule has 4 nitrogen and oxygen atoms in total. The van der Waals surface area contributed by atoms with Gasteiger partial charge in [-0.25, -0.2) is 4.98 Å². The maximum absolute atomic E-state index is 5.85. The van der Waals surface area contributed by atoms with Crippen molar-refractivity contribution in [3.8, 4) is 0 Å². The molecule has 0 spiro atoms. The molecule has 1 fully saturated rings. The van der Waals surface area contributed by atoms with Gasteiger partial charge in [-0.2, -0.15) is 0 Å². The average Bonchev–Trinajstić information content (AvgIpc) is 3.10. The van der Waals surface area contributed by atoms with Gasteiger partial charge in [-0.15, -0.1) is 0 Å². The Bertz CT molecular complexity index is 523. The zero-order valence-corrected chi connectivity index (χ0v) is 12.3. The lowest BCUT2D eigenvalue weighted by Crippen LogP contribution is -2.39. The van der Waals surface area contributed by atoms with E-state index in [2.05, 4.69) is 14.5 Å². The van der Waals surface area contributed by atoms with Crippen LogP contribution in [0.15, 0.2) is 35.3 Å². The first-order valence-electron chi connectivity index (χ1n) is 7.25. The highest BCUT2D eigenvalue weighted by molar-refractivity contribution is 6.28. The van der Waals surface area contributed by atoms with Crippen LogP contribution in [0, 0.1) is 0 Å². The first-order chi connectivity index (χ1) is 9.81. The first kappa shape index (κ1) is 13.7. The van der Waals surface area contributed by atoms with Gasteiger partial charge in [-0.05, 0) is 49.5 Å². The topological polar surface area (TPSA) is 34.2 Å². The maximum Gasteiger partial charge on any atom is 0.193 e. The van der Waals surface area contributed by atoms with Crippen molar-refractivity contribution >= 4 is 11.6 Å². The van der Waals surface area contributed by atoms with Crippen LogP contribution in [0.1, 0.15) is 31.4 Å². The van der Waals surface area contributed by atoms with Crippen molar-refractivity contribution in [2.75, 3.05) is 6.54 Å². The second kappa shape index (κ2) is 6.46. The largest absolute Gasteiger partial charge is 0.448 e. The van der Waals surface area contributed by atoms with Gasteiger partial charge in [0.15, 0.2) is 5.22 Å². The van der Waals surface area contributed by atoms with Gasteiger partial charge in [0.25, 0.3) is 0 Å². The summed E-state index contributed by atoms with van der Waals surface area (Å²) in [5.74, 6) is 0.963. The number of halogens is 1. The number of aromatic nitrogens is 2. The average molecular weight is 294 g/mol. The molecule has 0 unspecified atom stereocenters. The van der Waals surface area contributed by atoms with Crippen LogP contribution in [-0.4, -0.2) is 27.0 Å². The monoisotopic (exact) mass is 293 g/mol. The van der Waals surface area contributed by atoms with Gasteiger partial charge in [-0.1, -0.05) is 6.42 Å². The summed E-state index contributed by atoms with van der Waals surface area (Å²) in [6.07, 6.45) is 10.8. The summed E-state index contributed by atoms with van der Waals surface area (Å²) in [4.78, 5) is 6.62. The Morgan fingerprint density at radius 2 is 2.30 bits per heavy atom.